The zero-order valence-corrected chi connectivity index (χ0v) is 16.0. The summed E-state index contributed by atoms with van der Waals surface area (Å²) in [7, 11) is 9.11. The summed E-state index contributed by atoms with van der Waals surface area (Å²) in [5.41, 5.74) is 0.874. The molecule has 0 radical (unpaired) electrons. The lowest BCUT2D eigenvalue weighted by Gasteiger charge is -2.34. The van der Waals surface area contributed by atoms with Crippen molar-refractivity contribution in [1.82, 2.24) is 20.1 Å². The van der Waals surface area contributed by atoms with Crippen molar-refractivity contribution in [3.8, 4) is 11.8 Å². The number of pyridine rings is 1. The van der Waals surface area contributed by atoms with Crippen LogP contribution in [0.3, 0.4) is 0 Å². The SMILES string of the molecule is CNC(=O)Nc1cc(OC(C#N)C(N(C)C)N(C)C)c(C(C)C)cn1. The summed E-state index contributed by atoms with van der Waals surface area (Å²) < 4.78 is 6.04. The first-order chi connectivity index (χ1) is 11.7. The van der Waals surface area contributed by atoms with E-state index in [2.05, 4.69) is 21.7 Å². The number of aromatic nitrogens is 1. The van der Waals surface area contributed by atoms with E-state index < -0.39 is 6.10 Å². The quantitative estimate of drug-likeness (QED) is 0.728. The van der Waals surface area contributed by atoms with Crippen molar-refractivity contribution in [2.75, 3.05) is 40.6 Å². The predicted octanol–water partition coefficient (Wildman–Crippen LogP) is 1.68. The van der Waals surface area contributed by atoms with E-state index in [0.717, 1.165) is 5.56 Å². The van der Waals surface area contributed by atoms with Gasteiger partial charge < -0.3 is 10.1 Å². The number of rotatable bonds is 7. The Morgan fingerprint density at radius 1 is 1.28 bits per heavy atom. The Kier molecular flexibility index (Phi) is 7.61. The minimum absolute atomic E-state index is 0.160. The van der Waals surface area contributed by atoms with Gasteiger partial charge in [-0.1, -0.05) is 13.8 Å². The molecule has 0 aliphatic heterocycles. The van der Waals surface area contributed by atoms with E-state index in [1.807, 2.05) is 51.8 Å². The lowest BCUT2D eigenvalue weighted by Crippen LogP contribution is -2.50. The topological polar surface area (TPSA) is 93.5 Å². The molecule has 1 atom stereocenters. The number of hydrogen-bond acceptors (Lipinski definition) is 6. The molecular formula is C17H28N6O2. The van der Waals surface area contributed by atoms with Gasteiger partial charge >= 0.3 is 6.03 Å². The average molecular weight is 348 g/mol. The van der Waals surface area contributed by atoms with Crippen LogP contribution in [0.5, 0.6) is 5.75 Å². The molecule has 1 rings (SSSR count). The Morgan fingerprint density at radius 3 is 2.32 bits per heavy atom. The molecule has 1 unspecified atom stereocenters. The standard InChI is InChI=1S/C17H28N6O2/c1-11(2)12-10-20-15(21-17(24)19-3)8-13(12)25-14(9-18)16(22(4)5)23(6)7/h8,10-11,14,16H,1-7H3,(H2,19,20,21,24). The largest absolute Gasteiger partial charge is 0.472 e. The van der Waals surface area contributed by atoms with Crippen LogP contribution in [0.25, 0.3) is 0 Å². The van der Waals surface area contributed by atoms with Crippen molar-refractivity contribution >= 4 is 11.8 Å². The first kappa shape index (κ1) is 20.7. The molecule has 0 saturated heterocycles. The van der Waals surface area contributed by atoms with E-state index in [-0.39, 0.29) is 18.1 Å². The maximum atomic E-state index is 11.5. The van der Waals surface area contributed by atoms with Crippen LogP contribution in [0.4, 0.5) is 10.6 Å². The Morgan fingerprint density at radius 2 is 1.88 bits per heavy atom. The summed E-state index contributed by atoms with van der Waals surface area (Å²) in [4.78, 5) is 19.6. The molecule has 8 heteroatoms. The zero-order valence-electron chi connectivity index (χ0n) is 16.0. The van der Waals surface area contributed by atoms with E-state index in [0.29, 0.717) is 11.6 Å². The van der Waals surface area contributed by atoms with Crippen LogP contribution in [-0.2, 0) is 0 Å². The highest BCUT2D eigenvalue weighted by atomic mass is 16.5. The first-order valence-electron chi connectivity index (χ1n) is 8.09. The second-order valence-electron chi connectivity index (χ2n) is 6.47. The van der Waals surface area contributed by atoms with E-state index in [1.165, 1.54) is 7.05 Å². The maximum absolute atomic E-state index is 11.5. The highest BCUT2D eigenvalue weighted by Crippen LogP contribution is 2.29. The number of urea groups is 1. The molecule has 0 aliphatic carbocycles. The Labute approximate surface area is 149 Å². The van der Waals surface area contributed by atoms with Gasteiger partial charge in [-0.2, -0.15) is 5.26 Å². The molecule has 1 aromatic rings. The van der Waals surface area contributed by atoms with Gasteiger partial charge in [-0.15, -0.1) is 0 Å². The summed E-state index contributed by atoms with van der Waals surface area (Å²) >= 11 is 0. The summed E-state index contributed by atoms with van der Waals surface area (Å²) in [5, 5.41) is 14.7. The third-order valence-corrected chi connectivity index (χ3v) is 3.70. The predicted molar refractivity (Wildman–Crippen MR) is 97.6 cm³/mol. The number of carbonyl (C=O) groups is 1. The minimum atomic E-state index is -0.710. The second-order valence-corrected chi connectivity index (χ2v) is 6.47. The molecule has 1 heterocycles. The van der Waals surface area contributed by atoms with E-state index in [9.17, 15) is 10.1 Å². The molecule has 8 nitrogen and oxygen atoms in total. The fourth-order valence-electron chi connectivity index (χ4n) is 2.52. The van der Waals surface area contributed by atoms with Crippen molar-refractivity contribution in [1.29, 1.82) is 5.26 Å². The molecule has 138 valence electrons. The molecule has 0 fully saturated rings. The van der Waals surface area contributed by atoms with Gasteiger partial charge in [-0.25, -0.2) is 9.78 Å². The van der Waals surface area contributed by atoms with Crippen molar-refractivity contribution in [2.24, 2.45) is 0 Å². The van der Waals surface area contributed by atoms with E-state index in [4.69, 9.17) is 4.74 Å². The zero-order chi connectivity index (χ0) is 19.1. The Bertz CT molecular complexity index is 616. The number of hydrogen-bond donors (Lipinski definition) is 2. The van der Waals surface area contributed by atoms with Crippen LogP contribution < -0.4 is 15.4 Å². The molecule has 0 saturated carbocycles. The highest BCUT2D eigenvalue weighted by molar-refractivity contribution is 5.88. The maximum Gasteiger partial charge on any atom is 0.320 e. The summed E-state index contributed by atoms with van der Waals surface area (Å²) in [6, 6.07) is 3.51. The van der Waals surface area contributed by atoms with Gasteiger partial charge in [-0.3, -0.25) is 15.1 Å². The second kappa shape index (κ2) is 9.20. The molecule has 0 aliphatic rings. The van der Waals surface area contributed by atoms with Crippen LogP contribution >= 0.6 is 0 Å². The summed E-state index contributed by atoms with van der Waals surface area (Å²) in [6.45, 7) is 4.04. The molecule has 2 amide bonds. The molecule has 2 N–H and O–H groups in total. The molecular weight excluding hydrogens is 320 g/mol. The number of nitriles is 1. The fraction of sp³-hybridized carbons (Fsp3) is 0.588. The third-order valence-electron chi connectivity index (χ3n) is 3.70. The Hall–Kier alpha value is -2.37. The van der Waals surface area contributed by atoms with Gasteiger partial charge in [0.2, 0.25) is 6.10 Å². The summed E-state index contributed by atoms with van der Waals surface area (Å²) in [6.07, 6.45) is 0.728. The number of carbonyl (C=O) groups excluding carboxylic acids is 1. The van der Waals surface area contributed by atoms with Gasteiger partial charge in [0.25, 0.3) is 0 Å². The van der Waals surface area contributed by atoms with Crippen molar-refractivity contribution in [3.05, 3.63) is 17.8 Å². The van der Waals surface area contributed by atoms with E-state index >= 15 is 0 Å². The monoisotopic (exact) mass is 348 g/mol. The van der Waals surface area contributed by atoms with Crippen LogP contribution in [0, 0.1) is 11.3 Å². The van der Waals surface area contributed by atoms with Crippen molar-refractivity contribution < 1.29 is 9.53 Å². The number of likely N-dealkylation sites (N-methyl/N-ethyl adjacent to an activating group) is 2. The lowest BCUT2D eigenvalue weighted by atomic mass is 10.0. The van der Waals surface area contributed by atoms with Gasteiger partial charge in [-0.05, 0) is 34.1 Å². The lowest BCUT2D eigenvalue weighted by molar-refractivity contribution is 0.0402. The smallest absolute Gasteiger partial charge is 0.320 e. The van der Waals surface area contributed by atoms with Gasteiger partial charge in [0, 0.05) is 24.9 Å². The fourth-order valence-corrected chi connectivity index (χ4v) is 2.52. The number of anilines is 1. The molecule has 0 spiro atoms. The van der Waals surface area contributed by atoms with Gasteiger partial charge in [0.15, 0.2) is 0 Å². The van der Waals surface area contributed by atoms with Crippen molar-refractivity contribution in [2.45, 2.75) is 32.0 Å². The summed E-state index contributed by atoms with van der Waals surface area (Å²) in [5.74, 6) is 1.06. The number of amides is 2. The van der Waals surface area contributed by atoms with Crippen LogP contribution in [0.15, 0.2) is 12.3 Å². The molecule has 1 aromatic heterocycles. The van der Waals surface area contributed by atoms with Crippen molar-refractivity contribution in [3.63, 3.8) is 0 Å². The average Bonchev–Trinajstić information content (AvgIpc) is 2.53. The van der Waals surface area contributed by atoms with Crippen LogP contribution in [0.2, 0.25) is 0 Å². The number of ether oxygens (including phenoxy) is 1. The normalized spacial score (nSPS) is 12.4. The van der Waals surface area contributed by atoms with Gasteiger partial charge in [0.1, 0.15) is 23.8 Å². The highest BCUT2D eigenvalue weighted by Gasteiger charge is 2.28. The van der Waals surface area contributed by atoms with Gasteiger partial charge in [0.05, 0.1) is 0 Å². The Balaban J connectivity index is 3.20. The van der Waals surface area contributed by atoms with Crippen LogP contribution in [0.1, 0.15) is 25.3 Å². The number of nitrogens with zero attached hydrogens (tertiary/aromatic N) is 4. The molecule has 25 heavy (non-hydrogen) atoms. The third kappa shape index (κ3) is 5.59. The molecule has 0 bridgehead atoms. The molecule has 0 aromatic carbocycles. The van der Waals surface area contributed by atoms with E-state index in [1.54, 1.807) is 12.3 Å². The minimum Gasteiger partial charge on any atom is -0.472 e. The first-order valence-corrected chi connectivity index (χ1v) is 8.09. The van der Waals surface area contributed by atoms with Crippen LogP contribution in [-0.4, -0.2) is 68.3 Å². The number of nitrogens with one attached hydrogen (secondary N) is 2.